The molecule has 4 nitrogen and oxygen atoms in total. The van der Waals surface area contributed by atoms with Gasteiger partial charge >= 0.3 is 0 Å². The van der Waals surface area contributed by atoms with Crippen LogP contribution >= 0.6 is 0 Å². The Morgan fingerprint density at radius 1 is 1.04 bits per heavy atom. The van der Waals surface area contributed by atoms with Crippen LogP contribution in [0.1, 0.15) is 43.2 Å². The second kappa shape index (κ2) is 6.90. The van der Waals surface area contributed by atoms with Crippen LogP contribution < -0.4 is 11.1 Å². The first-order valence-corrected chi connectivity index (χ1v) is 8.90. The molecule has 3 aromatic rings. The number of aromatic nitrogens is 2. The molecule has 0 amide bonds. The molecule has 4 N–H and O–H groups in total. The summed E-state index contributed by atoms with van der Waals surface area (Å²) in [5, 5.41) is 4.85. The van der Waals surface area contributed by atoms with Gasteiger partial charge < -0.3 is 16.0 Å². The van der Waals surface area contributed by atoms with E-state index in [2.05, 4.69) is 33.2 Å². The molecular formula is C21H22N4. The van der Waals surface area contributed by atoms with E-state index in [1.807, 2.05) is 36.7 Å². The van der Waals surface area contributed by atoms with E-state index in [1.165, 1.54) is 32.1 Å². The molecule has 0 radical (unpaired) electrons. The molecule has 1 saturated carbocycles. The predicted molar refractivity (Wildman–Crippen MR) is 103 cm³/mol. The number of H-pyrrole nitrogens is 1. The topological polar surface area (TPSA) is 66.7 Å². The zero-order valence-corrected chi connectivity index (χ0v) is 14.2. The van der Waals surface area contributed by atoms with Gasteiger partial charge in [0.05, 0.1) is 11.3 Å². The number of nitrogens with two attached hydrogens (primary N) is 1. The lowest BCUT2D eigenvalue weighted by atomic mass is 9.95. The van der Waals surface area contributed by atoms with Crippen LogP contribution in [0, 0.1) is 11.8 Å². The number of hydrogen-bond donors (Lipinski definition) is 3. The third-order valence-electron chi connectivity index (χ3n) is 4.79. The highest BCUT2D eigenvalue weighted by atomic mass is 14.9. The molecule has 1 fully saturated rings. The zero-order valence-electron chi connectivity index (χ0n) is 14.2. The van der Waals surface area contributed by atoms with Gasteiger partial charge in [-0.05, 0) is 43.2 Å². The maximum atomic E-state index is 5.74. The Morgan fingerprint density at radius 3 is 2.64 bits per heavy atom. The average Bonchev–Trinajstić information content (AvgIpc) is 3.12. The summed E-state index contributed by atoms with van der Waals surface area (Å²) in [4.78, 5) is 7.69. The number of rotatable bonds is 2. The van der Waals surface area contributed by atoms with Crippen molar-refractivity contribution < 1.29 is 0 Å². The second-order valence-corrected chi connectivity index (χ2v) is 6.64. The van der Waals surface area contributed by atoms with Gasteiger partial charge in [0, 0.05) is 35.1 Å². The van der Waals surface area contributed by atoms with Crippen molar-refractivity contribution in [2.75, 3.05) is 11.1 Å². The van der Waals surface area contributed by atoms with Crippen molar-refractivity contribution in [3.8, 4) is 11.8 Å². The minimum atomic E-state index is 0.520. The van der Waals surface area contributed by atoms with Crippen LogP contribution in [0.2, 0.25) is 0 Å². The van der Waals surface area contributed by atoms with E-state index in [-0.39, 0.29) is 0 Å². The first kappa shape index (κ1) is 15.6. The molecule has 4 heteroatoms. The summed E-state index contributed by atoms with van der Waals surface area (Å²) < 4.78 is 0. The van der Waals surface area contributed by atoms with Gasteiger partial charge in [-0.2, -0.15) is 0 Å². The number of benzene rings is 1. The smallest absolute Gasteiger partial charge is 0.139 e. The standard InChI is InChI=1S/C21H22N4/c22-17-10-7-15(8-11-17)6-9-16-14-24-21-19(12-13-23-21)20(16)25-18-4-2-1-3-5-18/h7-8,10-14,18H,1-5,22H2,(H2,23,24,25). The van der Waals surface area contributed by atoms with Gasteiger partial charge in [0.25, 0.3) is 0 Å². The van der Waals surface area contributed by atoms with E-state index in [4.69, 9.17) is 5.73 Å². The first-order valence-electron chi connectivity index (χ1n) is 8.90. The first-order chi connectivity index (χ1) is 12.3. The number of aromatic amines is 1. The van der Waals surface area contributed by atoms with Crippen LogP contribution in [-0.2, 0) is 0 Å². The van der Waals surface area contributed by atoms with Crippen molar-refractivity contribution in [2.24, 2.45) is 0 Å². The average molecular weight is 330 g/mol. The molecule has 2 heterocycles. The highest BCUT2D eigenvalue weighted by molar-refractivity contribution is 5.92. The van der Waals surface area contributed by atoms with Crippen molar-refractivity contribution in [3.63, 3.8) is 0 Å². The van der Waals surface area contributed by atoms with Crippen molar-refractivity contribution in [1.82, 2.24) is 9.97 Å². The third kappa shape index (κ3) is 3.46. The van der Waals surface area contributed by atoms with E-state index in [0.29, 0.717) is 6.04 Å². The van der Waals surface area contributed by atoms with E-state index in [1.54, 1.807) is 0 Å². The number of nitrogens with one attached hydrogen (secondary N) is 2. The van der Waals surface area contributed by atoms with Crippen molar-refractivity contribution >= 4 is 22.4 Å². The van der Waals surface area contributed by atoms with Crippen LogP contribution in [0.4, 0.5) is 11.4 Å². The van der Waals surface area contributed by atoms with Crippen LogP contribution in [0.3, 0.4) is 0 Å². The number of nitrogen functional groups attached to an aromatic ring is 1. The summed E-state index contributed by atoms with van der Waals surface area (Å²) in [7, 11) is 0. The summed E-state index contributed by atoms with van der Waals surface area (Å²) >= 11 is 0. The van der Waals surface area contributed by atoms with Gasteiger partial charge in [-0.1, -0.05) is 31.1 Å². The number of fused-ring (bicyclic) bond motifs is 1. The number of hydrogen-bond acceptors (Lipinski definition) is 3. The lowest BCUT2D eigenvalue weighted by Crippen LogP contribution is -2.22. The molecule has 25 heavy (non-hydrogen) atoms. The molecule has 0 aliphatic heterocycles. The Morgan fingerprint density at radius 2 is 1.84 bits per heavy atom. The Bertz CT molecular complexity index is 922. The quantitative estimate of drug-likeness (QED) is 0.485. The number of anilines is 2. The molecule has 0 saturated heterocycles. The van der Waals surface area contributed by atoms with Gasteiger partial charge in [-0.3, -0.25) is 0 Å². The Balaban J connectivity index is 1.70. The van der Waals surface area contributed by atoms with Crippen LogP contribution in [-0.4, -0.2) is 16.0 Å². The molecule has 0 unspecified atom stereocenters. The molecule has 126 valence electrons. The summed E-state index contributed by atoms with van der Waals surface area (Å²) in [5.74, 6) is 6.52. The minimum absolute atomic E-state index is 0.520. The molecular weight excluding hydrogens is 308 g/mol. The Hall–Kier alpha value is -2.93. The predicted octanol–water partition coefficient (Wildman–Crippen LogP) is 4.29. The van der Waals surface area contributed by atoms with Gasteiger partial charge in [-0.15, -0.1) is 0 Å². The molecule has 1 aromatic carbocycles. The van der Waals surface area contributed by atoms with E-state index < -0.39 is 0 Å². The molecule has 1 aliphatic rings. The van der Waals surface area contributed by atoms with Gasteiger partial charge in [-0.25, -0.2) is 4.98 Å². The van der Waals surface area contributed by atoms with Gasteiger partial charge in [0.1, 0.15) is 5.65 Å². The SMILES string of the molecule is Nc1ccc(C#Cc2cnc3[nH]ccc3c2NC2CCCCC2)cc1. The fraction of sp³-hybridized carbons (Fsp3) is 0.286. The van der Waals surface area contributed by atoms with Gasteiger partial charge in [0.15, 0.2) is 0 Å². The summed E-state index contributed by atoms with van der Waals surface area (Å²) in [5.41, 5.74) is 10.4. The molecule has 0 atom stereocenters. The highest BCUT2D eigenvalue weighted by Gasteiger charge is 2.16. The molecule has 0 bridgehead atoms. The van der Waals surface area contributed by atoms with Crippen LogP contribution in [0.5, 0.6) is 0 Å². The number of pyridine rings is 1. The summed E-state index contributed by atoms with van der Waals surface area (Å²) in [6.07, 6.45) is 10.2. The van der Waals surface area contributed by atoms with Crippen LogP contribution in [0.15, 0.2) is 42.7 Å². The molecule has 1 aliphatic carbocycles. The van der Waals surface area contributed by atoms with E-state index in [0.717, 1.165) is 33.5 Å². The van der Waals surface area contributed by atoms with Crippen molar-refractivity contribution in [2.45, 2.75) is 38.1 Å². The van der Waals surface area contributed by atoms with Crippen LogP contribution in [0.25, 0.3) is 11.0 Å². The lowest BCUT2D eigenvalue weighted by molar-refractivity contribution is 0.463. The third-order valence-corrected chi connectivity index (χ3v) is 4.79. The largest absolute Gasteiger partial charge is 0.399 e. The number of nitrogens with zero attached hydrogens (tertiary/aromatic N) is 1. The zero-order chi connectivity index (χ0) is 17.1. The fourth-order valence-corrected chi connectivity index (χ4v) is 3.42. The Labute approximate surface area is 147 Å². The highest BCUT2D eigenvalue weighted by Crippen LogP contribution is 2.29. The lowest BCUT2D eigenvalue weighted by Gasteiger charge is -2.24. The van der Waals surface area contributed by atoms with E-state index >= 15 is 0 Å². The molecule has 2 aromatic heterocycles. The van der Waals surface area contributed by atoms with E-state index in [9.17, 15) is 0 Å². The second-order valence-electron chi connectivity index (χ2n) is 6.64. The minimum Gasteiger partial charge on any atom is -0.399 e. The summed E-state index contributed by atoms with van der Waals surface area (Å²) in [6.45, 7) is 0. The maximum Gasteiger partial charge on any atom is 0.139 e. The molecule has 0 spiro atoms. The fourth-order valence-electron chi connectivity index (χ4n) is 3.42. The van der Waals surface area contributed by atoms with Crippen molar-refractivity contribution in [1.29, 1.82) is 0 Å². The van der Waals surface area contributed by atoms with Crippen molar-refractivity contribution in [3.05, 3.63) is 53.9 Å². The monoisotopic (exact) mass is 330 g/mol. The normalized spacial score (nSPS) is 14.9. The molecule has 4 rings (SSSR count). The maximum absolute atomic E-state index is 5.74. The summed E-state index contributed by atoms with van der Waals surface area (Å²) in [6, 6.07) is 10.2. The van der Waals surface area contributed by atoms with Gasteiger partial charge in [0.2, 0.25) is 0 Å². The Kier molecular flexibility index (Phi) is 4.30.